The van der Waals surface area contributed by atoms with E-state index >= 15 is 0 Å². The molecular formula is C6H6Br2N2. The molecule has 0 aromatic carbocycles. The zero-order valence-electron chi connectivity index (χ0n) is 5.43. The van der Waals surface area contributed by atoms with Crippen LogP contribution in [0, 0.1) is 6.92 Å². The van der Waals surface area contributed by atoms with E-state index in [-0.39, 0.29) is 0 Å². The standard InChI is InChI=1S/C6H6Br2N2/c1-3-10-4(2)5(7)6(8)9-10/h3H,1H2,2H3. The van der Waals surface area contributed by atoms with E-state index in [9.17, 15) is 0 Å². The first-order valence-corrected chi connectivity index (χ1v) is 4.28. The van der Waals surface area contributed by atoms with Crippen molar-refractivity contribution in [2.24, 2.45) is 0 Å². The van der Waals surface area contributed by atoms with Crippen LogP contribution in [0.5, 0.6) is 0 Å². The van der Waals surface area contributed by atoms with E-state index in [4.69, 9.17) is 0 Å². The topological polar surface area (TPSA) is 17.8 Å². The van der Waals surface area contributed by atoms with Crippen LogP contribution >= 0.6 is 31.9 Å². The van der Waals surface area contributed by atoms with Crippen LogP contribution in [0.2, 0.25) is 0 Å². The molecule has 1 aromatic heterocycles. The van der Waals surface area contributed by atoms with Gasteiger partial charge in [0.05, 0.1) is 10.2 Å². The maximum absolute atomic E-state index is 4.10. The van der Waals surface area contributed by atoms with Crippen molar-refractivity contribution in [3.63, 3.8) is 0 Å². The molecule has 0 bridgehead atoms. The Balaban J connectivity index is 3.30. The summed E-state index contributed by atoms with van der Waals surface area (Å²) in [6, 6.07) is 0. The summed E-state index contributed by atoms with van der Waals surface area (Å²) in [6.07, 6.45) is 1.66. The third-order valence-electron chi connectivity index (χ3n) is 1.21. The molecule has 0 aliphatic carbocycles. The molecule has 10 heavy (non-hydrogen) atoms. The highest BCUT2D eigenvalue weighted by atomic mass is 79.9. The predicted molar refractivity (Wildman–Crippen MR) is 48.8 cm³/mol. The van der Waals surface area contributed by atoms with Gasteiger partial charge >= 0.3 is 0 Å². The largest absolute Gasteiger partial charge is 0.244 e. The smallest absolute Gasteiger partial charge is 0.143 e. The summed E-state index contributed by atoms with van der Waals surface area (Å²) in [5, 5.41) is 4.10. The molecule has 2 nitrogen and oxygen atoms in total. The lowest BCUT2D eigenvalue weighted by molar-refractivity contribution is 0.889. The number of rotatable bonds is 1. The number of aromatic nitrogens is 2. The van der Waals surface area contributed by atoms with Crippen LogP contribution < -0.4 is 0 Å². The zero-order valence-corrected chi connectivity index (χ0v) is 8.61. The second-order valence-electron chi connectivity index (χ2n) is 1.82. The monoisotopic (exact) mass is 264 g/mol. The van der Waals surface area contributed by atoms with Gasteiger partial charge in [-0.3, -0.25) is 0 Å². The lowest BCUT2D eigenvalue weighted by Crippen LogP contribution is -1.89. The molecule has 0 aliphatic heterocycles. The van der Waals surface area contributed by atoms with Crippen molar-refractivity contribution in [2.45, 2.75) is 6.92 Å². The molecule has 4 heteroatoms. The Morgan fingerprint density at radius 3 is 2.40 bits per heavy atom. The first-order valence-electron chi connectivity index (χ1n) is 2.69. The highest BCUT2D eigenvalue weighted by Gasteiger charge is 2.06. The number of hydrogen-bond acceptors (Lipinski definition) is 1. The van der Waals surface area contributed by atoms with E-state index in [0.29, 0.717) is 0 Å². The van der Waals surface area contributed by atoms with Crippen LogP contribution in [0.4, 0.5) is 0 Å². The maximum atomic E-state index is 4.10. The van der Waals surface area contributed by atoms with E-state index in [0.717, 1.165) is 14.8 Å². The van der Waals surface area contributed by atoms with Crippen molar-refractivity contribution >= 4 is 38.1 Å². The van der Waals surface area contributed by atoms with Gasteiger partial charge in [-0.1, -0.05) is 6.58 Å². The van der Waals surface area contributed by atoms with Crippen LogP contribution in [0.25, 0.3) is 6.20 Å². The second kappa shape index (κ2) is 2.88. The SMILES string of the molecule is C=Cn1nc(Br)c(Br)c1C. The third-order valence-corrected chi connectivity index (χ3v) is 3.25. The molecule has 0 amide bonds. The summed E-state index contributed by atoms with van der Waals surface area (Å²) in [4.78, 5) is 0. The minimum absolute atomic E-state index is 0.810. The summed E-state index contributed by atoms with van der Waals surface area (Å²) >= 11 is 6.64. The van der Waals surface area contributed by atoms with Crippen molar-refractivity contribution in [1.82, 2.24) is 9.78 Å². The van der Waals surface area contributed by atoms with Gasteiger partial charge in [-0.25, -0.2) is 4.68 Å². The van der Waals surface area contributed by atoms with Crippen LogP contribution in [-0.4, -0.2) is 9.78 Å². The van der Waals surface area contributed by atoms with Crippen molar-refractivity contribution in [1.29, 1.82) is 0 Å². The van der Waals surface area contributed by atoms with Gasteiger partial charge in [-0.15, -0.1) is 0 Å². The van der Waals surface area contributed by atoms with Crippen LogP contribution in [0.1, 0.15) is 5.69 Å². The van der Waals surface area contributed by atoms with E-state index in [1.54, 1.807) is 10.9 Å². The number of hydrogen-bond donors (Lipinski definition) is 0. The molecule has 0 unspecified atom stereocenters. The molecule has 0 radical (unpaired) electrons. The minimum Gasteiger partial charge on any atom is -0.244 e. The molecule has 0 aliphatic rings. The van der Waals surface area contributed by atoms with Crippen LogP contribution in [0.3, 0.4) is 0 Å². The Bertz CT molecular complexity index is 265. The first-order chi connectivity index (χ1) is 4.66. The number of nitrogens with zero attached hydrogens (tertiary/aromatic N) is 2. The summed E-state index contributed by atoms with van der Waals surface area (Å²) < 4.78 is 3.49. The Hall–Kier alpha value is -0.0900. The van der Waals surface area contributed by atoms with Gasteiger partial charge in [0.15, 0.2) is 0 Å². The quantitative estimate of drug-likeness (QED) is 0.764. The Morgan fingerprint density at radius 2 is 2.20 bits per heavy atom. The second-order valence-corrected chi connectivity index (χ2v) is 3.36. The zero-order chi connectivity index (χ0) is 7.72. The number of halogens is 2. The van der Waals surface area contributed by atoms with Crippen molar-refractivity contribution in [2.75, 3.05) is 0 Å². The molecule has 1 rings (SSSR count). The molecular weight excluding hydrogens is 260 g/mol. The Morgan fingerprint density at radius 1 is 1.60 bits per heavy atom. The predicted octanol–water partition coefficient (Wildman–Crippen LogP) is 2.82. The van der Waals surface area contributed by atoms with Crippen molar-refractivity contribution < 1.29 is 0 Å². The highest BCUT2D eigenvalue weighted by Crippen LogP contribution is 2.24. The summed E-state index contributed by atoms with van der Waals surface area (Å²) in [7, 11) is 0. The summed E-state index contributed by atoms with van der Waals surface area (Å²) in [6.45, 7) is 5.57. The normalized spacial score (nSPS) is 9.90. The molecule has 0 spiro atoms. The molecule has 0 saturated heterocycles. The molecule has 54 valence electrons. The molecule has 0 atom stereocenters. The first kappa shape index (κ1) is 8.01. The molecule has 0 saturated carbocycles. The van der Waals surface area contributed by atoms with E-state index < -0.39 is 0 Å². The molecule has 1 aromatic rings. The fraction of sp³-hybridized carbons (Fsp3) is 0.167. The fourth-order valence-electron chi connectivity index (χ4n) is 0.641. The van der Waals surface area contributed by atoms with Crippen LogP contribution in [-0.2, 0) is 0 Å². The van der Waals surface area contributed by atoms with Gasteiger partial charge in [0.25, 0.3) is 0 Å². The molecule has 1 heterocycles. The van der Waals surface area contributed by atoms with Gasteiger partial charge < -0.3 is 0 Å². The molecule has 0 fully saturated rings. The van der Waals surface area contributed by atoms with Gasteiger partial charge in [-0.05, 0) is 38.8 Å². The molecule has 0 N–H and O–H groups in total. The van der Waals surface area contributed by atoms with E-state index in [2.05, 4.69) is 43.5 Å². The minimum atomic E-state index is 0.810. The average molecular weight is 266 g/mol. The van der Waals surface area contributed by atoms with E-state index in [1.165, 1.54) is 0 Å². The lowest BCUT2D eigenvalue weighted by Gasteiger charge is -1.91. The Kier molecular flexibility index (Phi) is 2.31. The van der Waals surface area contributed by atoms with Crippen LogP contribution in [0.15, 0.2) is 15.7 Å². The van der Waals surface area contributed by atoms with Crippen molar-refractivity contribution in [3.05, 3.63) is 21.3 Å². The van der Waals surface area contributed by atoms with Gasteiger partial charge in [-0.2, -0.15) is 5.10 Å². The lowest BCUT2D eigenvalue weighted by atomic mass is 10.5. The summed E-state index contributed by atoms with van der Waals surface area (Å²) in [5.74, 6) is 0. The maximum Gasteiger partial charge on any atom is 0.143 e. The average Bonchev–Trinajstić information content (AvgIpc) is 2.17. The summed E-state index contributed by atoms with van der Waals surface area (Å²) in [5.41, 5.74) is 1.04. The van der Waals surface area contributed by atoms with Crippen molar-refractivity contribution in [3.8, 4) is 0 Å². The van der Waals surface area contributed by atoms with Gasteiger partial charge in [0.2, 0.25) is 0 Å². The fourth-order valence-corrected chi connectivity index (χ4v) is 1.36. The Labute approximate surface area is 76.2 Å². The van der Waals surface area contributed by atoms with Gasteiger partial charge in [0.1, 0.15) is 4.60 Å². The van der Waals surface area contributed by atoms with Gasteiger partial charge in [0, 0.05) is 6.20 Å². The van der Waals surface area contributed by atoms with E-state index in [1.807, 2.05) is 6.92 Å². The highest BCUT2D eigenvalue weighted by molar-refractivity contribution is 9.13. The third kappa shape index (κ3) is 1.18.